The van der Waals surface area contributed by atoms with Gasteiger partial charge in [-0.3, -0.25) is 14.4 Å². The minimum Gasteiger partial charge on any atom is -0.494 e. The molecule has 0 atom stereocenters. The molecule has 8 heteroatoms. The molecule has 0 aromatic heterocycles. The van der Waals surface area contributed by atoms with E-state index in [1.54, 1.807) is 18.2 Å². The second-order valence-corrected chi connectivity index (χ2v) is 9.52. The van der Waals surface area contributed by atoms with Crippen molar-refractivity contribution in [3.63, 3.8) is 0 Å². The predicted octanol–water partition coefficient (Wildman–Crippen LogP) is 4.46. The number of carbonyl (C=O) groups is 3. The highest BCUT2D eigenvalue weighted by Gasteiger charge is 2.24. The number of hydrogen-bond donors (Lipinski definition) is 2. The van der Waals surface area contributed by atoms with Gasteiger partial charge in [0.05, 0.1) is 20.1 Å². The van der Waals surface area contributed by atoms with Crippen molar-refractivity contribution in [1.29, 1.82) is 0 Å². The van der Waals surface area contributed by atoms with Crippen molar-refractivity contribution in [1.82, 2.24) is 10.2 Å². The van der Waals surface area contributed by atoms with Gasteiger partial charge in [0, 0.05) is 24.3 Å². The summed E-state index contributed by atoms with van der Waals surface area (Å²) in [4.78, 5) is 39.0. The number of hydrogen-bond acceptors (Lipinski definition) is 4. The number of piperidine rings is 1. The highest BCUT2D eigenvalue weighted by molar-refractivity contribution is 5.99. The van der Waals surface area contributed by atoms with Gasteiger partial charge in [-0.1, -0.05) is 35.9 Å². The SMILES string of the molecule is COc1ccc(CC(=O)N2CCC(c3ccc(NC(=O)CNC(=O)c4ccc(C)cc4)cc3)CC2)cc1F. The average Bonchev–Trinajstić information content (AvgIpc) is 2.93. The lowest BCUT2D eigenvalue weighted by molar-refractivity contribution is -0.131. The van der Waals surface area contributed by atoms with Gasteiger partial charge in [0.15, 0.2) is 11.6 Å². The Balaban J connectivity index is 1.22. The summed E-state index contributed by atoms with van der Waals surface area (Å²) in [5.41, 5.74) is 4.00. The lowest BCUT2D eigenvalue weighted by Crippen LogP contribution is -2.38. The predicted molar refractivity (Wildman–Crippen MR) is 144 cm³/mol. The third-order valence-corrected chi connectivity index (χ3v) is 6.81. The molecular formula is C30H32FN3O4. The van der Waals surface area contributed by atoms with Crippen LogP contribution in [0.3, 0.4) is 0 Å². The van der Waals surface area contributed by atoms with Crippen molar-refractivity contribution in [2.24, 2.45) is 0 Å². The van der Waals surface area contributed by atoms with E-state index in [1.165, 1.54) is 19.2 Å². The zero-order valence-electron chi connectivity index (χ0n) is 21.6. The van der Waals surface area contributed by atoms with E-state index in [0.717, 1.165) is 24.0 Å². The van der Waals surface area contributed by atoms with Crippen LogP contribution in [0.4, 0.5) is 10.1 Å². The molecule has 0 radical (unpaired) electrons. The Bertz CT molecular complexity index is 1280. The second kappa shape index (κ2) is 12.4. The fraction of sp³-hybridized carbons (Fsp3) is 0.300. The molecule has 1 aliphatic rings. The second-order valence-electron chi connectivity index (χ2n) is 9.52. The molecule has 38 heavy (non-hydrogen) atoms. The Morgan fingerprint density at radius 1 is 0.974 bits per heavy atom. The van der Waals surface area contributed by atoms with Crippen molar-refractivity contribution < 1.29 is 23.5 Å². The van der Waals surface area contributed by atoms with Gasteiger partial charge in [0.1, 0.15) is 0 Å². The number of anilines is 1. The number of amides is 3. The maximum Gasteiger partial charge on any atom is 0.251 e. The van der Waals surface area contributed by atoms with Gasteiger partial charge in [-0.15, -0.1) is 0 Å². The fourth-order valence-corrected chi connectivity index (χ4v) is 4.58. The van der Waals surface area contributed by atoms with Gasteiger partial charge in [-0.25, -0.2) is 4.39 Å². The van der Waals surface area contributed by atoms with Crippen molar-refractivity contribution >= 4 is 23.4 Å². The third kappa shape index (κ3) is 6.97. The van der Waals surface area contributed by atoms with Crippen LogP contribution in [0.2, 0.25) is 0 Å². The van der Waals surface area contributed by atoms with Gasteiger partial charge in [-0.2, -0.15) is 0 Å². The maximum absolute atomic E-state index is 13.9. The summed E-state index contributed by atoms with van der Waals surface area (Å²) < 4.78 is 18.9. The summed E-state index contributed by atoms with van der Waals surface area (Å²) in [6.45, 7) is 3.10. The number of aryl methyl sites for hydroxylation is 1. The Kier molecular flexibility index (Phi) is 8.73. The summed E-state index contributed by atoms with van der Waals surface area (Å²) in [6.07, 6.45) is 1.82. The molecule has 7 nitrogen and oxygen atoms in total. The van der Waals surface area contributed by atoms with Crippen LogP contribution in [-0.2, 0) is 16.0 Å². The highest BCUT2D eigenvalue weighted by atomic mass is 19.1. The molecule has 3 aromatic carbocycles. The third-order valence-electron chi connectivity index (χ3n) is 6.81. The first-order chi connectivity index (χ1) is 18.3. The molecule has 3 aromatic rings. The normalized spacial score (nSPS) is 13.6. The van der Waals surface area contributed by atoms with Gasteiger partial charge in [0.2, 0.25) is 11.8 Å². The van der Waals surface area contributed by atoms with E-state index in [0.29, 0.717) is 35.8 Å². The molecule has 0 aliphatic carbocycles. The van der Waals surface area contributed by atoms with Crippen LogP contribution >= 0.6 is 0 Å². The Hall–Kier alpha value is -4.20. The summed E-state index contributed by atoms with van der Waals surface area (Å²) in [5.74, 6) is -0.601. The maximum atomic E-state index is 13.9. The number of ether oxygens (including phenoxy) is 1. The zero-order chi connectivity index (χ0) is 27.1. The van der Waals surface area contributed by atoms with Crippen molar-refractivity contribution in [2.75, 3.05) is 32.1 Å². The monoisotopic (exact) mass is 517 g/mol. The first-order valence-electron chi connectivity index (χ1n) is 12.7. The Morgan fingerprint density at radius 2 is 1.66 bits per heavy atom. The smallest absolute Gasteiger partial charge is 0.251 e. The van der Waals surface area contributed by atoms with Crippen LogP contribution in [0, 0.1) is 12.7 Å². The van der Waals surface area contributed by atoms with Crippen LogP contribution in [-0.4, -0.2) is 49.4 Å². The molecule has 198 valence electrons. The molecule has 1 fully saturated rings. The first-order valence-corrected chi connectivity index (χ1v) is 12.7. The minimum absolute atomic E-state index is 0.0134. The largest absolute Gasteiger partial charge is 0.494 e. The molecule has 1 aliphatic heterocycles. The van der Waals surface area contributed by atoms with Crippen LogP contribution in [0.5, 0.6) is 5.75 Å². The first kappa shape index (κ1) is 26.9. The lowest BCUT2D eigenvalue weighted by atomic mass is 9.89. The van der Waals surface area contributed by atoms with E-state index in [-0.39, 0.29) is 36.4 Å². The number of likely N-dealkylation sites (tertiary alicyclic amines) is 1. The molecule has 0 saturated carbocycles. The molecule has 1 heterocycles. The number of halogens is 1. The number of carbonyl (C=O) groups excluding carboxylic acids is 3. The summed E-state index contributed by atoms with van der Waals surface area (Å²) >= 11 is 0. The molecule has 1 saturated heterocycles. The van der Waals surface area contributed by atoms with Crippen LogP contribution < -0.4 is 15.4 Å². The van der Waals surface area contributed by atoms with E-state index in [2.05, 4.69) is 10.6 Å². The summed E-state index contributed by atoms with van der Waals surface area (Å²) in [5, 5.41) is 5.43. The molecule has 4 rings (SSSR count). The molecule has 0 spiro atoms. The van der Waals surface area contributed by atoms with Crippen LogP contribution in [0.1, 0.15) is 45.8 Å². The van der Waals surface area contributed by atoms with Gasteiger partial charge < -0.3 is 20.3 Å². The number of methoxy groups -OCH3 is 1. The highest BCUT2D eigenvalue weighted by Crippen LogP contribution is 2.29. The average molecular weight is 518 g/mol. The topological polar surface area (TPSA) is 87.7 Å². The number of rotatable bonds is 8. The summed E-state index contributed by atoms with van der Waals surface area (Å²) in [6, 6.07) is 19.4. The van der Waals surface area contributed by atoms with Crippen LogP contribution in [0.15, 0.2) is 66.7 Å². The minimum atomic E-state index is -0.469. The van der Waals surface area contributed by atoms with Gasteiger partial charge >= 0.3 is 0 Å². The van der Waals surface area contributed by atoms with E-state index in [9.17, 15) is 18.8 Å². The lowest BCUT2D eigenvalue weighted by Gasteiger charge is -2.32. The van der Waals surface area contributed by atoms with E-state index in [4.69, 9.17) is 4.74 Å². The van der Waals surface area contributed by atoms with Crippen molar-refractivity contribution in [2.45, 2.75) is 32.1 Å². The number of benzene rings is 3. The number of nitrogens with zero attached hydrogens (tertiary/aromatic N) is 1. The molecule has 0 bridgehead atoms. The van der Waals surface area contributed by atoms with Crippen LogP contribution in [0.25, 0.3) is 0 Å². The number of nitrogens with one attached hydrogen (secondary N) is 2. The van der Waals surface area contributed by atoms with E-state index >= 15 is 0 Å². The Labute approximate surface area is 222 Å². The molecular weight excluding hydrogens is 485 g/mol. The van der Waals surface area contributed by atoms with Crippen molar-refractivity contribution in [3.8, 4) is 5.75 Å². The fourth-order valence-electron chi connectivity index (χ4n) is 4.58. The van der Waals surface area contributed by atoms with E-state index in [1.807, 2.05) is 48.2 Å². The zero-order valence-corrected chi connectivity index (χ0v) is 21.6. The van der Waals surface area contributed by atoms with Gasteiger partial charge in [-0.05, 0) is 73.2 Å². The standard InChI is InChI=1S/C30H32FN3O4/c1-20-3-6-24(7-4-20)30(37)32-19-28(35)33-25-10-8-22(9-11-25)23-13-15-34(16-14-23)29(36)18-21-5-12-27(38-2)26(31)17-21/h3-12,17,23H,13-16,18-19H2,1-2H3,(H,32,37)(H,33,35). The molecule has 0 unspecified atom stereocenters. The van der Waals surface area contributed by atoms with Gasteiger partial charge in [0.25, 0.3) is 5.91 Å². The quantitative estimate of drug-likeness (QED) is 0.462. The molecule has 2 N–H and O–H groups in total. The van der Waals surface area contributed by atoms with E-state index < -0.39 is 5.82 Å². The van der Waals surface area contributed by atoms with Crippen molar-refractivity contribution in [3.05, 3.63) is 94.8 Å². The molecule has 3 amide bonds. The Morgan fingerprint density at radius 3 is 2.29 bits per heavy atom. The summed E-state index contributed by atoms with van der Waals surface area (Å²) in [7, 11) is 1.41.